The number of nitrogens with one attached hydrogen (secondary N) is 2. The lowest BCUT2D eigenvalue weighted by atomic mass is 9.92. The van der Waals surface area contributed by atoms with Crippen molar-refractivity contribution in [3.8, 4) is 0 Å². The Morgan fingerprint density at radius 3 is 2.68 bits per heavy atom. The van der Waals surface area contributed by atoms with Crippen LogP contribution in [-0.4, -0.2) is 18.4 Å². The van der Waals surface area contributed by atoms with Gasteiger partial charge < -0.3 is 5.32 Å². The molecule has 1 aromatic carbocycles. The van der Waals surface area contributed by atoms with Crippen molar-refractivity contribution in [1.29, 1.82) is 0 Å². The molecular weight excluding hydrogens is 252 g/mol. The van der Waals surface area contributed by atoms with Gasteiger partial charge in [-0.15, -0.1) is 0 Å². The topological polar surface area (TPSA) is 53.5 Å². The summed E-state index contributed by atoms with van der Waals surface area (Å²) in [6, 6.07) is 3.41. The highest BCUT2D eigenvalue weighted by molar-refractivity contribution is 6.09. The third-order valence-corrected chi connectivity index (χ3v) is 3.04. The predicted octanol–water partition coefficient (Wildman–Crippen LogP) is 1.67. The molecule has 1 aliphatic heterocycles. The van der Waals surface area contributed by atoms with Gasteiger partial charge in [0.2, 0.25) is 0 Å². The molecule has 2 rings (SSSR count). The Balaban J connectivity index is 2.32. The van der Waals surface area contributed by atoms with Gasteiger partial charge in [-0.1, -0.05) is 13.0 Å². The van der Waals surface area contributed by atoms with Crippen LogP contribution in [0.1, 0.15) is 25.8 Å². The number of carbonyl (C=O) groups is 1. The number of guanidine groups is 1. The molecule has 0 saturated carbocycles. The van der Waals surface area contributed by atoms with Crippen LogP contribution in [0.2, 0.25) is 0 Å². The van der Waals surface area contributed by atoms with Crippen LogP contribution in [0.25, 0.3) is 0 Å². The zero-order valence-electron chi connectivity index (χ0n) is 10.8. The molecule has 1 heterocycles. The van der Waals surface area contributed by atoms with Crippen molar-refractivity contribution in [2.45, 2.75) is 25.8 Å². The van der Waals surface area contributed by atoms with E-state index >= 15 is 0 Å². The minimum absolute atomic E-state index is 0.339. The van der Waals surface area contributed by atoms with E-state index < -0.39 is 17.2 Å². The number of hydrogen-bond acceptors (Lipinski definition) is 2. The lowest BCUT2D eigenvalue weighted by Crippen LogP contribution is -2.40. The van der Waals surface area contributed by atoms with Crippen molar-refractivity contribution in [3.05, 3.63) is 35.4 Å². The minimum atomic E-state index is -1.14. The SMILES string of the molecule is CCCN=C1NC(=O)C(C)(c2ccc(F)c(F)c2)N1. The highest BCUT2D eigenvalue weighted by atomic mass is 19.2. The van der Waals surface area contributed by atoms with Gasteiger partial charge in [0.05, 0.1) is 0 Å². The molecule has 0 spiro atoms. The van der Waals surface area contributed by atoms with E-state index in [1.807, 2.05) is 6.92 Å². The molecule has 1 fully saturated rings. The summed E-state index contributed by atoms with van der Waals surface area (Å²) in [7, 11) is 0. The first-order valence-corrected chi connectivity index (χ1v) is 6.07. The summed E-state index contributed by atoms with van der Waals surface area (Å²) >= 11 is 0. The van der Waals surface area contributed by atoms with Crippen LogP contribution in [0.5, 0.6) is 0 Å². The normalized spacial score (nSPS) is 24.4. The van der Waals surface area contributed by atoms with Gasteiger partial charge in [-0.25, -0.2) is 8.78 Å². The third kappa shape index (κ3) is 2.43. The van der Waals surface area contributed by atoms with Crippen molar-refractivity contribution in [2.24, 2.45) is 4.99 Å². The zero-order valence-corrected chi connectivity index (χ0v) is 10.8. The molecule has 1 aromatic rings. The molecule has 19 heavy (non-hydrogen) atoms. The summed E-state index contributed by atoms with van der Waals surface area (Å²) in [5.74, 6) is -1.90. The maximum Gasteiger partial charge on any atom is 0.256 e. The van der Waals surface area contributed by atoms with Gasteiger partial charge in [0, 0.05) is 6.54 Å². The number of aliphatic imine (C=N–C) groups is 1. The van der Waals surface area contributed by atoms with E-state index in [4.69, 9.17) is 0 Å². The van der Waals surface area contributed by atoms with Crippen LogP contribution in [-0.2, 0) is 10.3 Å². The summed E-state index contributed by atoms with van der Waals surface area (Å²) < 4.78 is 26.2. The van der Waals surface area contributed by atoms with Crippen molar-refractivity contribution in [2.75, 3.05) is 6.54 Å². The van der Waals surface area contributed by atoms with E-state index in [0.29, 0.717) is 18.1 Å². The Labute approximate surface area is 109 Å². The van der Waals surface area contributed by atoms with Gasteiger partial charge in [0.1, 0.15) is 5.54 Å². The minimum Gasteiger partial charge on any atom is -0.338 e. The molecule has 0 aliphatic carbocycles. The van der Waals surface area contributed by atoms with Crippen LogP contribution < -0.4 is 10.6 Å². The zero-order chi connectivity index (χ0) is 14.0. The highest BCUT2D eigenvalue weighted by Gasteiger charge is 2.42. The molecule has 0 aromatic heterocycles. The summed E-state index contributed by atoms with van der Waals surface area (Å²) in [4.78, 5) is 16.2. The van der Waals surface area contributed by atoms with E-state index in [-0.39, 0.29) is 5.91 Å². The third-order valence-electron chi connectivity index (χ3n) is 3.04. The van der Waals surface area contributed by atoms with Crippen molar-refractivity contribution >= 4 is 11.9 Å². The molecule has 1 aliphatic rings. The number of rotatable bonds is 3. The second-order valence-electron chi connectivity index (χ2n) is 4.56. The summed E-state index contributed by atoms with van der Waals surface area (Å²) in [5.41, 5.74) is -0.785. The van der Waals surface area contributed by atoms with Crippen LogP contribution in [0.4, 0.5) is 8.78 Å². The van der Waals surface area contributed by atoms with Crippen molar-refractivity contribution in [1.82, 2.24) is 10.6 Å². The van der Waals surface area contributed by atoms with Gasteiger partial charge in [-0.05, 0) is 31.0 Å². The molecule has 6 heteroatoms. The standard InChI is InChI=1S/C13H15F2N3O/c1-3-6-16-12-17-11(19)13(2,18-12)8-4-5-9(14)10(15)7-8/h4-5,7H,3,6H2,1-2H3,(H2,16,17,18,19). The summed E-state index contributed by atoms with van der Waals surface area (Å²) in [5, 5.41) is 5.51. The van der Waals surface area contributed by atoms with E-state index in [2.05, 4.69) is 15.6 Å². The fourth-order valence-corrected chi connectivity index (χ4v) is 1.87. The van der Waals surface area contributed by atoms with Gasteiger partial charge in [0.15, 0.2) is 17.6 Å². The van der Waals surface area contributed by atoms with Crippen molar-refractivity contribution in [3.63, 3.8) is 0 Å². The molecule has 1 unspecified atom stereocenters. The van der Waals surface area contributed by atoms with Crippen LogP contribution in [0, 0.1) is 11.6 Å². The first kappa shape index (κ1) is 13.5. The predicted molar refractivity (Wildman–Crippen MR) is 67.6 cm³/mol. The largest absolute Gasteiger partial charge is 0.338 e. The molecule has 2 N–H and O–H groups in total. The number of halogens is 2. The van der Waals surface area contributed by atoms with Gasteiger partial charge in [-0.2, -0.15) is 0 Å². The van der Waals surface area contributed by atoms with E-state index in [0.717, 1.165) is 18.6 Å². The molecule has 0 radical (unpaired) electrons. The number of amides is 1. The van der Waals surface area contributed by atoms with Crippen molar-refractivity contribution < 1.29 is 13.6 Å². The first-order valence-electron chi connectivity index (χ1n) is 6.07. The molecule has 4 nitrogen and oxygen atoms in total. The molecule has 102 valence electrons. The van der Waals surface area contributed by atoms with Gasteiger partial charge in [0.25, 0.3) is 5.91 Å². The van der Waals surface area contributed by atoms with Crippen LogP contribution in [0.15, 0.2) is 23.2 Å². The molecule has 1 saturated heterocycles. The maximum absolute atomic E-state index is 13.3. The number of benzene rings is 1. The summed E-state index contributed by atoms with van der Waals surface area (Å²) in [6.07, 6.45) is 0.850. The van der Waals surface area contributed by atoms with Gasteiger partial charge in [-0.3, -0.25) is 15.1 Å². The van der Waals surface area contributed by atoms with E-state index in [1.54, 1.807) is 6.92 Å². The second kappa shape index (κ2) is 4.95. The molecule has 1 amide bonds. The quantitative estimate of drug-likeness (QED) is 0.875. The monoisotopic (exact) mass is 267 g/mol. The smallest absolute Gasteiger partial charge is 0.256 e. The Hall–Kier alpha value is -1.98. The van der Waals surface area contributed by atoms with Gasteiger partial charge >= 0.3 is 0 Å². The fraction of sp³-hybridized carbons (Fsp3) is 0.385. The second-order valence-corrected chi connectivity index (χ2v) is 4.56. The number of carbonyl (C=O) groups excluding carboxylic acids is 1. The van der Waals surface area contributed by atoms with E-state index in [1.165, 1.54) is 6.07 Å². The maximum atomic E-state index is 13.3. The molecule has 0 bridgehead atoms. The fourth-order valence-electron chi connectivity index (χ4n) is 1.87. The first-order chi connectivity index (χ1) is 8.97. The Morgan fingerprint density at radius 1 is 1.32 bits per heavy atom. The Morgan fingerprint density at radius 2 is 2.05 bits per heavy atom. The van der Waals surface area contributed by atoms with Crippen LogP contribution in [0.3, 0.4) is 0 Å². The molecule has 1 atom stereocenters. The lowest BCUT2D eigenvalue weighted by Gasteiger charge is -2.21. The average molecular weight is 267 g/mol. The number of nitrogens with zero attached hydrogens (tertiary/aromatic N) is 1. The van der Waals surface area contributed by atoms with E-state index in [9.17, 15) is 13.6 Å². The molecular formula is C13H15F2N3O. The average Bonchev–Trinajstić information content (AvgIpc) is 2.67. The lowest BCUT2D eigenvalue weighted by molar-refractivity contribution is -0.123. The Kier molecular flexibility index (Phi) is 3.50. The summed E-state index contributed by atoms with van der Waals surface area (Å²) in [6.45, 7) is 4.15. The number of hydrogen-bond donors (Lipinski definition) is 2. The van der Waals surface area contributed by atoms with Crippen LogP contribution >= 0.6 is 0 Å². The Bertz CT molecular complexity index is 545. The highest BCUT2D eigenvalue weighted by Crippen LogP contribution is 2.25.